The lowest BCUT2D eigenvalue weighted by atomic mass is 10.0. The van der Waals surface area contributed by atoms with Crippen molar-refractivity contribution in [3.63, 3.8) is 0 Å². The van der Waals surface area contributed by atoms with E-state index in [0.29, 0.717) is 18.5 Å². The van der Waals surface area contributed by atoms with E-state index in [1.165, 1.54) is 0 Å². The zero-order valence-corrected chi connectivity index (χ0v) is 18.6. The van der Waals surface area contributed by atoms with Crippen molar-refractivity contribution in [3.05, 3.63) is 114 Å². The highest BCUT2D eigenvalue weighted by Gasteiger charge is 2.23. The Morgan fingerprint density at radius 3 is 2.39 bits per heavy atom. The predicted octanol–water partition coefficient (Wildman–Crippen LogP) is 4.18. The summed E-state index contributed by atoms with van der Waals surface area (Å²) in [6.45, 7) is 0.529. The van der Waals surface area contributed by atoms with Crippen molar-refractivity contribution >= 4 is 5.52 Å². The molecule has 0 saturated heterocycles. The highest BCUT2D eigenvalue weighted by molar-refractivity contribution is 5.63. The standard InChI is InChI=1S/C27H24N3O3/c1-32-22-12-10-21(11-13-22)26-18-30-25(17-24(28-30)20-7-3-4-8-20)27(31)29(26)15-14-19-6-5-9-23(16-19)33-2/h3-13,16-18H,14-15H2,1-2H3. The molecule has 2 aromatic carbocycles. The topological polar surface area (TPSA) is 57.8 Å². The minimum Gasteiger partial charge on any atom is -0.497 e. The Kier molecular flexibility index (Phi) is 5.90. The Morgan fingerprint density at radius 1 is 0.909 bits per heavy atom. The van der Waals surface area contributed by atoms with Crippen LogP contribution < -0.4 is 15.0 Å². The minimum absolute atomic E-state index is 0.0727. The molecule has 5 rings (SSSR count). The average molecular weight is 439 g/mol. The van der Waals surface area contributed by atoms with Crippen molar-refractivity contribution in [1.29, 1.82) is 0 Å². The van der Waals surface area contributed by atoms with Crippen molar-refractivity contribution in [3.8, 4) is 22.8 Å². The fourth-order valence-corrected chi connectivity index (χ4v) is 4.05. The number of methoxy groups -OCH3 is 2. The van der Waals surface area contributed by atoms with Gasteiger partial charge in [0, 0.05) is 18.0 Å². The molecule has 0 aliphatic heterocycles. The van der Waals surface area contributed by atoms with Crippen LogP contribution in [0.5, 0.6) is 11.5 Å². The lowest BCUT2D eigenvalue weighted by Gasteiger charge is -2.14. The van der Waals surface area contributed by atoms with Crippen molar-refractivity contribution in [2.24, 2.45) is 0 Å². The van der Waals surface area contributed by atoms with Gasteiger partial charge in [0.05, 0.1) is 31.8 Å². The summed E-state index contributed by atoms with van der Waals surface area (Å²) in [6, 6.07) is 17.5. The number of rotatable bonds is 7. The fourth-order valence-electron chi connectivity index (χ4n) is 4.05. The average Bonchev–Trinajstić information content (AvgIpc) is 3.54. The molecule has 0 bridgehead atoms. The normalized spacial score (nSPS) is 14.1. The molecular formula is C27H24N3O3. The summed E-state index contributed by atoms with van der Waals surface area (Å²) in [5, 5.41) is 4.68. The van der Waals surface area contributed by atoms with Gasteiger partial charge in [-0.2, -0.15) is 5.10 Å². The lowest BCUT2D eigenvalue weighted by molar-refractivity contribution is 0.414. The molecule has 0 unspecified atom stereocenters. The van der Waals surface area contributed by atoms with Crippen LogP contribution in [0, 0.1) is 31.6 Å². The first-order valence-corrected chi connectivity index (χ1v) is 10.8. The van der Waals surface area contributed by atoms with Crippen LogP contribution in [-0.2, 0) is 13.0 Å². The molecule has 2 aromatic heterocycles. The first-order chi connectivity index (χ1) is 16.2. The number of hydrogen-bond donors (Lipinski definition) is 0. The van der Waals surface area contributed by atoms with Gasteiger partial charge in [0.25, 0.3) is 5.56 Å². The second-order valence-corrected chi connectivity index (χ2v) is 7.83. The molecule has 0 N–H and O–H groups in total. The molecular weight excluding hydrogens is 414 g/mol. The highest BCUT2D eigenvalue weighted by atomic mass is 16.5. The molecule has 5 radical (unpaired) electrons. The Labute approximate surface area is 193 Å². The van der Waals surface area contributed by atoms with Gasteiger partial charge < -0.3 is 14.0 Å². The zero-order chi connectivity index (χ0) is 22.8. The SMILES string of the molecule is COc1ccc(-c2cn3nc([C]4[CH][CH][CH][CH]4)cc3c(=O)n2CCc2cccc(OC)c2)cc1. The summed E-state index contributed by atoms with van der Waals surface area (Å²) >= 11 is 0. The third kappa shape index (κ3) is 4.25. The van der Waals surface area contributed by atoms with Gasteiger partial charge in [-0.1, -0.05) is 12.1 Å². The maximum absolute atomic E-state index is 13.6. The van der Waals surface area contributed by atoms with Crippen molar-refractivity contribution in [2.75, 3.05) is 14.2 Å². The Bertz CT molecular complexity index is 1310. The van der Waals surface area contributed by atoms with E-state index < -0.39 is 0 Å². The molecule has 4 aromatic rings. The monoisotopic (exact) mass is 438 g/mol. The van der Waals surface area contributed by atoms with Gasteiger partial charge in [-0.3, -0.25) is 4.79 Å². The summed E-state index contributed by atoms with van der Waals surface area (Å²) in [5.74, 6) is 2.57. The molecule has 1 saturated carbocycles. The maximum Gasteiger partial charge on any atom is 0.277 e. The quantitative estimate of drug-likeness (QED) is 0.435. The van der Waals surface area contributed by atoms with Gasteiger partial charge in [-0.15, -0.1) is 0 Å². The van der Waals surface area contributed by atoms with Gasteiger partial charge >= 0.3 is 0 Å². The molecule has 0 amide bonds. The largest absolute Gasteiger partial charge is 0.497 e. The summed E-state index contributed by atoms with van der Waals surface area (Å²) < 4.78 is 14.2. The number of hydrogen-bond acceptors (Lipinski definition) is 4. The van der Waals surface area contributed by atoms with Crippen LogP contribution in [0.1, 0.15) is 11.3 Å². The van der Waals surface area contributed by atoms with Crippen LogP contribution in [-0.4, -0.2) is 28.4 Å². The number of aromatic nitrogens is 3. The van der Waals surface area contributed by atoms with Crippen LogP contribution in [0.15, 0.2) is 65.6 Å². The van der Waals surface area contributed by atoms with Gasteiger partial charge in [-0.05, 0) is 80.1 Å². The molecule has 6 heteroatoms. The van der Waals surface area contributed by atoms with Crippen molar-refractivity contribution < 1.29 is 9.47 Å². The van der Waals surface area contributed by atoms with Gasteiger partial charge in [-0.25, -0.2) is 4.52 Å². The molecule has 0 atom stereocenters. The molecule has 1 aliphatic carbocycles. The molecule has 1 aliphatic rings. The number of benzene rings is 2. The Balaban J connectivity index is 1.58. The van der Waals surface area contributed by atoms with Crippen LogP contribution in [0.25, 0.3) is 16.8 Å². The first kappa shape index (κ1) is 21.3. The molecule has 1 fully saturated rings. The van der Waals surface area contributed by atoms with Gasteiger partial charge in [0.15, 0.2) is 0 Å². The second-order valence-electron chi connectivity index (χ2n) is 7.83. The van der Waals surface area contributed by atoms with Crippen LogP contribution in [0.3, 0.4) is 0 Å². The smallest absolute Gasteiger partial charge is 0.277 e. The number of aryl methyl sites for hydroxylation is 1. The minimum atomic E-state index is -0.0727. The molecule has 2 heterocycles. The first-order valence-electron chi connectivity index (χ1n) is 10.8. The molecule has 33 heavy (non-hydrogen) atoms. The van der Waals surface area contributed by atoms with Crippen LogP contribution in [0.4, 0.5) is 0 Å². The molecule has 0 spiro atoms. The van der Waals surface area contributed by atoms with E-state index in [0.717, 1.165) is 39.9 Å². The third-order valence-corrected chi connectivity index (χ3v) is 5.84. The highest BCUT2D eigenvalue weighted by Crippen LogP contribution is 2.30. The van der Waals surface area contributed by atoms with Gasteiger partial charge in [0.2, 0.25) is 0 Å². The lowest BCUT2D eigenvalue weighted by Crippen LogP contribution is -2.25. The predicted molar refractivity (Wildman–Crippen MR) is 128 cm³/mol. The van der Waals surface area contributed by atoms with E-state index in [9.17, 15) is 4.79 Å². The molecule has 6 nitrogen and oxygen atoms in total. The van der Waals surface area contributed by atoms with E-state index in [4.69, 9.17) is 9.47 Å². The van der Waals surface area contributed by atoms with Crippen molar-refractivity contribution in [1.82, 2.24) is 14.2 Å². The summed E-state index contributed by atoms with van der Waals surface area (Å²) in [4.78, 5) is 13.6. The number of ether oxygens (including phenoxy) is 2. The number of fused-ring (bicyclic) bond motifs is 1. The second kappa shape index (κ2) is 9.14. The van der Waals surface area contributed by atoms with E-state index in [1.54, 1.807) is 18.7 Å². The van der Waals surface area contributed by atoms with Gasteiger partial charge in [0.1, 0.15) is 17.0 Å². The van der Waals surface area contributed by atoms with E-state index in [2.05, 4.69) is 5.10 Å². The Hall–Kier alpha value is -3.54. The summed E-state index contributed by atoms with van der Waals surface area (Å²) in [5.41, 5.74) is 4.09. The van der Waals surface area contributed by atoms with Crippen molar-refractivity contribution in [2.45, 2.75) is 13.0 Å². The Morgan fingerprint density at radius 2 is 1.67 bits per heavy atom. The van der Waals surface area contributed by atoms with E-state index in [-0.39, 0.29) is 5.56 Å². The van der Waals surface area contributed by atoms with Crippen LogP contribution in [0.2, 0.25) is 0 Å². The zero-order valence-electron chi connectivity index (χ0n) is 18.6. The number of nitrogens with zero attached hydrogens (tertiary/aromatic N) is 3. The summed E-state index contributed by atoms with van der Waals surface area (Å²) in [7, 11) is 3.29. The fraction of sp³-hybridized carbons (Fsp3) is 0.148. The summed E-state index contributed by atoms with van der Waals surface area (Å²) in [6.07, 6.45) is 10.5. The van der Waals surface area contributed by atoms with E-state index >= 15 is 0 Å². The van der Waals surface area contributed by atoms with E-state index in [1.807, 2.05) is 91.0 Å². The maximum atomic E-state index is 13.6. The molecule has 165 valence electrons. The third-order valence-electron chi connectivity index (χ3n) is 5.84. The van der Waals surface area contributed by atoms with Crippen LogP contribution >= 0.6 is 0 Å².